The van der Waals surface area contributed by atoms with Crippen LogP contribution in [0.4, 0.5) is 10.1 Å². The molecule has 0 spiro atoms. The Hall–Kier alpha value is -3.75. The van der Waals surface area contributed by atoms with Gasteiger partial charge in [0.05, 0.1) is 11.2 Å². The molecule has 0 atom stereocenters. The number of aromatic nitrogens is 2. The van der Waals surface area contributed by atoms with Crippen LogP contribution in [0.2, 0.25) is 0 Å². The maximum absolute atomic E-state index is 13.6. The van der Waals surface area contributed by atoms with E-state index in [4.69, 9.17) is 0 Å². The molecule has 8 nitrogen and oxygen atoms in total. The van der Waals surface area contributed by atoms with Crippen LogP contribution >= 0.6 is 0 Å². The Labute approximate surface area is 159 Å². The number of para-hydroxylation sites is 1. The van der Waals surface area contributed by atoms with Crippen molar-refractivity contribution in [2.45, 2.75) is 6.92 Å². The molecule has 0 saturated carbocycles. The highest BCUT2D eigenvalue weighted by Crippen LogP contribution is 2.16. The first kappa shape index (κ1) is 19.0. The summed E-state index contributed by atoms with van der Waals surface area (Å²) in [5, 5.41) is 15.1. The van der Waals surface area contributed by atoms with Crippen LogP contribution in [-0.2, 0) is 4.79 Å². The van der Waals surface area contributed by atoms with Crippen LogP contribution in [0.1, 0.15) is 27.8 Å². The standard InChI is InChI=1S/C19H18FN5O3/c1-11(26)23-16-10-12(6-7-14(16)20)18(27)21-8-9-22-19(28)17-13-4-2-3-5-15(13)24-25-17/h2-7,10H,8-9H2,1H3,(H,21,27)(H,22,28)(H,23,26)(H,24,25). The van der Waals surface area contributed by atoms with Crippen LogP contribution in [0.25, 0.3) is 10.9 Å². The van der Waals surface area contributed by atoms with Gasteiger partial charge in [0, 0.05) is 31.0 Å². The van der Waals surface area contributed by atoms with Crippen molar-refractivity contribution in [3.05, 3.63) is 59.5 Å². The molecule has 0 aliphatic rings. The maximum atomic E-state index is 13.6. The number of H-pyrrole nitrogens is 1. The van der Waals surface area contributed by atoms with Crippen molar-refractivity contribution in [1.29, 1.82) is 0 Å². The Morgan fingerprint density at radius 2 is 1.75 bits per heavy atom. The SMILES string of the molecule is CC(=O)Nc1cc(C(=O)NCCNC(=O)c2n[nH]c3ccccc23)ccc1F. The highest BCUT2D eigenvalue weighted by atomic mass is 19.1. The van der Waals surface area contributed by atoms with Gasteiger partial charge in [0.2, 0.25) is 5.91 Å². The number of nitrogens with zero attached hydrogens (tertiary/aromatic N) is 1. The average Bonchev–Trinajstić information content (AvgIpc) is 3.10. The first-order valence-electron chi connectivity index (χ1n) is 8.52. The molecule has 0 saturated heterocycles. The molecule has 1 aromatic heterocycles. The zero-order valence-corrected chi connectivity index (χ0v) is 15.0. The fourth-order valence-corrected chi connectivity index (χ4v) is 2.63. The van der Waals surface area contributed by atoms with E-state index in [0.717, 1.165) is 11.6 Å². The minimum Gasteiger partial charge on any atom is -0.350 e. The largest absolute Gasteiger partial charge is 0.350 e. The van der Waals surface area contributed by atoms with Crippen molar-refractivity contribution >= 4 is 34.3 Å². The lowest BCUT2D eigenvalue weighted by Crippen LogP contribution is -2.35. The number of hydrogen-bond acceptors (Lipinski definition) is 4. The summed E-state index contributed by atoms with van der Waals surface area (Å²) in [5.74, 6) is -1.89. The van der Waals surface area contributed by atoms with Gasteiger partial charge in [-0.15, -0.1) is 0 Å². The van der Waals surface area contributed by atoms with Gasteiger partial charge in [-0.05, 0) is 24.3 Å². The number of nitrogens with one attached hydrogen (secondary N) is 4. The van der Waals surface area contributed by atoms with Crippen molar-refractivity contribution in [2.24, 2.45) is 0 Å². The van der Waals surface area contributed by atoms with E-state index in [9.17, 15) is 18.8 Å². The summed E-state index contributed by atoms with van der Waals surface area (Å²) >= 11 is 0. The van der Waals surface area contributed by atoms with Gasteiger partial charge in [0.1, 0.15) is 5.82 Å². The summed E-state index contributed by atoms with van der Waals surface area (Å²) in [7, 11) is 0. The number of halogens is 1. The second kappa shape index (κ2) is 8.30. The van der Waals surface area contributed by atoms with Crippen LogP contribution in [0.5, 0.6) is 0 Å². The topological polar surface area (TPSA) is 116 Å². The molecule has 28 heavy (non-hydrogen) atoms. The molecule has 3 amide bonds. The van der Waals surface area contributed by atoms with Crippen LogP contribution in [-0.4, -0.2) is 41.0 Å². The Morgan fingerprint density at radius 1 is 1.04 bits per heavy atom. The van der Waals surface area contributed by atoms with E-state index in [1.165, 1.54) is 19.1 Å². The molecule has 3 rings (SSSR count). The normalized spacial score (nSPS) is 10.5. The predicted molar refractivity (Wildman–Crippen MR) is 101 cm³/mol. The summed E-state index contributed by atoms with van der Waals surface area (Å²) in [6, 6.07) is 10.9. The number of anilines is 1. The highest BCUT2D eigenvalue weighted by Gasteiger charge is 2.14. The third-order valence-electron chi connectivity index (χ3n) is 3.92. The number of amides is 3. The second-order valence-electron chi connectivity index (χ2n) is 6.01. The number of benzene rings is 2. The van der Waals surface area contributed by atoms with Crippen molar-refractivity contribution in [3.8, 4) is 0 Å². The number of aromatic amines is 1. The summed E-state index contributed by atoms with van der Waals surface area (Å²) in [6.45, 7) is 1.60. The lowest BCUT2D eigenvalue weighted by Gasteiger charge is -2.09. The van der Waals surface area contributed by atoms with Gasteiger partial charge >= 0.3 is 0 Å². The van der Waals surface area contributed by atoms with E-state index in [1.807, 2.05) is 18.2 Å². The van der Waals surface area contributed by atoms with E-state index in [2.05, 4.69) is 26.1 Å². The molecule has 0 bridgehead atoms. The molecule has 0 radical (unpaired) electrons. The summed E-state index contributed by atoms with van der Waals surface area (Å²) in [4.78, 5) is 35.5. The zero-order valence-electron chi connectivity index (χ0n) is 15.0. The van der Waals surface area contributed by atoms with Gasteiger partial charge in [-0.2, -0.15) is 5.10 Å². The average molecular weight is 383 g/mol. The molecule has 0 unspecified atom stereocenters. The molecular weight excluding hydrogens is 365 g/mol. The second-order valence-corrected chi connectivity index (χ2v) is 6.01. The third kappa shape index (κ3) is 4.32. The zero-order chi connectivity index (χ0) is 20.1. The van der Waals surface area contributed by atoms with Crippen molar-refractivity contribution in [2.75, 3.05) is 18.4 Å². The predicted octanol–water partition coefficient (Wildman–Crippen LogP) is 1.82. The first-order valence-corrected chi connectivity index (χ1v) is 8.52. The maximum Gasteiger partial charge on any atom is 0.272 e. The van der Waals surface area contributed by atoms with E-state index in [-0.39, 0.29) is 35.9 Å². The molecular formula is C19H18FN5O3. The summed E-state index contributed by atoms with van der Waals surface area (Å²) < 4.78 is 13.6. The van der Waals surface area contributed by atoms with Crippen molar-refractivity contribution < 1.29 is 18.8 Å². The number of hydrogen-bond donors (Lipinski definition) is 4. The first-order chi connectivity index (χ1) is 13.5. The monoisotopic (exact) mass is 383 g/mol. The number of fused-ring (bicyclic) bond motifs is 1. The van der Waals surface area contributed by atoms with Crippen molar-refractivity contribution in [1.82, 2.24) is 20.8 Å². The molecule has 0 aliphatic carbocycles. The minimum atomic E-state index is -0.634. The fraction of sp³-hybridized carbons (Fsp3) is 0.158. The van der Waals surface area contributed by atoms with Crippen molar-refractivity contribution in [3.63, 3.8) is 0 Å². The molecule has 0 fully saturated rings. The lowest BCUT2D eigenvalue weighted by atomic mass is 10.1. The molecule has 1 heterocycles. The summed E-state index contributed by atoms with van der Waals surface area (Å²) in [6.07, 6.45) is 0. The third-order valence-corrected chi connectivity index (χ3v) is 3.92. The smallest absolute Gasteiger partial charge is 0.272 e. The molecule has 144 valence electrons. The van der Waals surface area contributed by atoms with Gasteiger partial charge in [0.25, 0.3) is 11.8 Å². The van der Waals surface area contributed by atoms with Crippen LogP contribution < -0.4 is 16.0 Å². The lowest BCUT2D eigenvalue weighted by molar-refractivity contribution is -0.114. The Kier molecular flexibility index (Phi) is 5.64. The van der Waals surface area contributed by atoms with Gasteiger partial charge in [0.15, 0.2) is 5.69 Å². The van der Waals surface area contributed by atoms with E-state index >= 15 is 0 Å². The fourth-order valence-electron chi connectivity index (χ4n) is 2.63. The Morgan fingerprint density at radius 3 is 2.50 bits per heavy atom. The van der Waals surface area contributed by atoms with Gasteiger partial charge in [-0.25, -0.2) is 4.39 Å². The van der Waals surface area contributed by atoms with E-state index < -0.39 is 17.6 Å². The summed E-state index contributed by atoms with van der Waals surface area (Å²) in [5.41, 5.74) is 1.15. The Balaban J connectivity index is 1.53. The van der Waals surface area contributed by atoms with Gasteiger partial charge in [-0.1, -0.05) is 18.2 Å². The quantitative estimate of drug-likeness (QED) is 0.486. The van der Waals surface area contributed by atoms with Crippen LogP contribution in [0.15, 0.2) is 42.5 Å². The minimum absolute atomic E-state index is 0.0705. The number of carbonyl (C=O) groups excluding carboxylic acids is 3. The van der Waals surface area contributed by atoms with Crippen LogP contribution in [0.3, 0.4) is 0 Å². The van der Waals surface area contributed by atoms with Gasteiger partial charge < -0.3 is 16.0 Å². The molecule has 2 aromatic carbocycles. The molecule has 4 N–H and O–H groups in total. The highest BCUT2D eigenvalue weighted by molar-refractivity contribution is 6.04. The molecule has 0 aliphatic heterocycles. The van der Waals surface area contributed by atoms with E-state index in [0.29, 0.717) is 5.39 Å². The number of rotatable bonds is 6. The molecule has 3 aromatic rings. The van der Waals surface area contributed by atoms with E-state index in [1.54, 1.807) is 6.07 Å². The van der Waals surface area contributed by atoms with Crippen LogP contribution in [0, 0.1) is 5.82 Å². The number of carbonyl (C=O) groups is 3. The Bertz CT molecular complexity index is 1050. The van der Waals surface area contributed by atoms with Gasteiger partial charge in [-0.3, -0.25) is 19.5 Å². The molecule has 9 heteroatoms.